The Morgan fingerprint density at radius 2 is 1.72 bits per heavy atom. The number of likely N-dealkylation sites (N-methyl/N-ethyl adjacent to an activating group) is 1. The van der Waals surface area contributed by atoms with E-state index < -0.39 is 0 Å². The number of aromatic nitrogens is 1. The van der Waals surface area contributed by atoms with Crippen LogP contribution in [0.5, 0.6) is 0 Å². The minimum absolute atomic E-state index is 0.0307. The summed E-state index contributed by atoms with van der Waals surface area (Å²) in [4.78, 5) is 33.8. The number of carbonyl (C=O) groups excluding carboxylic acids is 2. The molecule has 1 aliphatic heterocycles. The van der Waals surface area contributed by atoms with Crippen LogP contribution in [0, 0.1) is 6.92 Å². The topological polar surface area (TPSA) is 68.4 Å². The van der Waals surface area contributed by atoms with Crippen molar-refractivity contribution in [2.75, 3.05) is 33.7 Å². The third kappa shape index (κ3) is 4.52. The number of para-hydroxylation sites is 1. The highest BCUT2D eigenvalue weighted by Gasteiger charge is 2.40. The average Bonchev–Trinajstić information content (AvgIpc) is 3.38. The Kier molecular flexibility index (Phi) is 6.61. The van der Waals surface area contributed by atoms with Gasteiger partial charge < -0.3 is 20.1 Å². The maximum absolute atomic E-state index is 13.6. The van der Waals surface area contributed by atoms with Crippen molar-refractivity contribution in [2.24, 2.45) is 0 Å². The predicted octanol–water partition coefficient (Wildman–Crippen LogP) is 4.76. The van der Waals surface area contributed by atoms with Gasteiger partial charge in [-0.1, -0.05) is 66.2 Å². The minimum Gasteiger partial charge on any atom is -0.355 e. The van der Waals surface area contributed by atoms with E-state index in [9.17, 15) is 9.59 Å². The number of hydrogen-bond donors (Lipinski definition) is 2. The summed E-state index contributed by atoms with van der Waals surface area (Å²) in [6.45, 7) is 3.78. The molecule has 0 bridgehead atoms. The summed E-state index contributed by atoms with van der Waals surface area (Å²) in [5.41, 5.74) is 7.06. The molecular weight excluding hydrogens is 448 g/mol. The van der Waals surface area contributed by atoms with Crippen LogP contribution < -0.4 is 5.32 Å². The van der Waals surface area contributed by atoms with E-state index in [2.05, 4.69) is 53.6 Å². The number of nitrogens with zero attached hydrogens (tertiary/aromatic N) is 2. The molecule has 0 saturated carbocycles. The van der Waals surface area contributed by atoms with E-state index in [0.29, 0.717) is 18.7 Å². The van der Waals surface area contributed by atoms with Gasteiger partial charge >= 0.3 is 0 Å². The molecule has 1 aliphatic rings. The van der Waals surface area contributed by atoms with Crippen molar-refractivity contribution in [2.45, 2.75) is 19.4 Å². The lowest BCUT2D eigenvalue weighted by molar-refractivity contribution is -0.121. The van der Waals surface area contributed by atoms with Gasteiger partial charge in [0.2, 0.25) is 5.91 Å². The number of H-pyrrole nitrogens is 1. The Morgan fingerprint density at radius 3 is 2.50 bits per heavy atom. The molecule has 0 spiro atoms. The van der Waals surface area contributed by atoms with E-state index in [1.54, 1.807) is 0 Å². The van der Waals surface area contributed by atoms with Gasteiger partial charge in [-0.2, -0.15) is 0 Å². The molecule has 36 heavy (non-hydrogen) atoms. The number of nitrogens with one attached hydrogen (secondary N) is 2. The Bertz CT molecular complexity index is 1400. The highest BCUT2D eigenvalue weighted by Crippen LogP contribution is 2.45. The first-order valence-electron chi connectivity index (χ1n) is 12.4. The number of carbonyl (C=O) groups is 2. The molecule has 6 nitrogen and oxygen atoms in total. The second-order valence-electron chi connectivity index (χ2n) is 9.72. The molecule has 0 saturated heterocycles. The first-order chi connectivity index (χ1) is 17.4. The summed E-state index contributed by atoms with van der Waals surface area (Å²) in [5, 5.41) is 4.06. The minimum atomic E-state index is -0.282. The van der Waals surface area contributed by atoms with Crippen LogP contribution in [-0.2, 0) is 4.79 Å². The second-order valence-corrected chi connectivity index (χ2v) is 9.72. The first kappa shape index (κ1) is 23.8. The van der Waals surface area contributed by atoms with Crippen LogP contribution >= 0.6 is 0 Å². The predicted molar refractivity (Wildman–Crippen MR) is 144 cm³/mol. The van der Waals surface area contributed by atoms with Crippen molar-refractivity contribution in [1.29, 1.82) is 0 Å². The van der Waals surface area contributed by atoms with Crippen LogP contribution in [0.2, 0.25) is 0 Å². The monoisotopic (exact) mass is 480 g/mol. The number of benzene rings is 3. The molecule has 2 N–H and O–H groups in total. The van der Waals surface area contributed by atoms with Gasteiger partial charge in [-0.25, -0.2) is 0 Å². The standard InChI is InChI=1S/C30H32N4O2/c1-20-12-14-21(15-13-20)28-27(24-10-6-7-11-25(24)32-28)29-22-8-4-5-9-23(22)30(36)34(29)18-16-26(35)31-17-19-33(2)3/h4-15,29,32H,16-19H2,1-3H3,(H,31,35)/t29-/m0/s1. The first-order valence-corrected chi connectivity index (χ1v) is 12.4. The summed E-state index contributed by atoms with van der Waals surface area (Å²) < 4.78 is 0. The molecule has 1 atom stereocenters. The normalized spacial score (nSPS) is 15.1. The summed E-state index contributed by atoms with van der Waals surface area (Å²) in [7, 11) is 3.95. The van der Waals surface area contributed by atoms with Crippen molar-refractivity contribution < 1.29 is 9.59 Å². The van der Waals surface area contributed by atoms with E-state index in [4.69, 9.17) is 0 Å². The molecule has 6 heteroatoms. The van der Waals surface area contributed by atoms with Crippen molar-refractivity contribution in [1.82, 2.24) is 20.1 Å². The lowest BCUT2D eigenvalue weighted by Crippen LogP contribution is -2.36. The molecule has 3 aromatic carbocycles. The number of aryl methyl sites for hydroxylation is 1. The molecule has 0 aliphatic carbocycles. The van der Waals surface area contributed by atoms with Crippen LogP contribution in [0.3, 0.4) is 0 Å². The Morgan fingerprint density at radius 1 is 1.00 bits per heavy atom. The molecule has 1 aromatic heterocycles. The zero-order valence-electron chi connectivity index (χ0n) is 21.0. The van der Waals surface area contributed by atoms with Crippen LogP contribution in [0.25, 0.3) is 22.2 Å². The molecule has 0 unspecified atom stereocenters. The van der Waals surface area contributed by atoms with Gasteiger partial charge in [0.1, 0.15) is 0 Å². The van der Waals surface area contributed by atoms with Gasteiger partial charge in [-0.05, 0) is 44.3 Å². The molecule has 5 rings (SSSR count). The molecule has 0 radical (unpaired) electrons. The highest BCUT2D eigenvalue weighted by atomic mass is 16.2. The van der Waals surface area contributed by atoms with E-state index in [0.717, 1.165) is 39.8 Å². The number of aromatic amines is 1. The lowest BCUT2D eigenvalue weighted by atomic mass is 9.93. The van der Waals surface area contributed by atoms with Crippen LogP contribution in [-0.4, -0.2) is 60.3 Å². The highest BCUT2D eigenvalue weighted by molar-refractivity contribution is 6.02. The molecule has 2 amide bonds. The molecule has 0 fully saturated rings. The number of amides is 2. The number of rotatable bonds is 8. The average molecular weight is 481 g/mol. The van der Waals surface area contributed by atoms with Crippen LogP contribution in [0.1, 0.15) is 39.5 Å². The van der Waals surface area contributed by atoms with Gasteiger partial charge in [0.05, 0.1) is 11.7 Å². The zero-order chi connectivity index (χ0) is 25.2. The van der Waals surface area contributed by atoms with Gasteiger partial charge in [-0.15, -0.1) is 0 Å². The number of fused-ring (bicyclic) bond motifs is 2. The summed E-state index contributed by atoms with van der Waals surface area (Å²) >= 11 is 0. The molecule has 4 aromatic rings. The van der Waals surface area contributed by atoms with E-state index in [1.165, 1.54) is 5.56 Å². The Balaban J connectivity index is 1.56. The van der Waals surface area contributed by atoms with Crippen molar-refractivity contribution in [3.05, 3.63) is 95.1 Å². The SMILES string of the molecule is Cc1ccc(-c2[nH]c3ccccc3c2[C@@H]2c3ccccc3C(=O)N2CCC(=O)NCCN(C)C)cc1. The summed E-state index contributed by atoms with van der Waals surface area (Å²) in [6, 6.07) is 24.2. The third-order valence-corrected chi connectivity index (χ3v) is 6.88. The van der Waals surface area contributed by atoms with Gasteiger partial charge in [0.25, 0.3) is 5.91 Å². The molecule has 184 valence electrons. The second kappa shape index (κ2) is 9.99. The van der Waals surface area contributed by atoms with E-state index in [1.807, 2.05) is 60.3 Å². The van der Waals surface area contributed by atoms with Crippen LogP contribution in [0.15, 0.2) is 72.8 Å². The fourth-order valence-electron chi connectivity index (χ4n) is 5.04. The van der Waals surface area contributed by atoms with E-state index >= 15 is 0 Å². The Labute approximate surface area is 211 Å². The van der Waals surface area contributed by atoms with Gasteiger partial charge in [0, 0.05) is 48.1 Å². The number of hydrogen-bond acceptors (Lipinski definition) is 3. The van der Waals surface area contributed by atoms with Crippen molar-refractivity contribution in [3.63, 3.8) is 0 Å². The molecule has 2 heterocycles. The maximum atomic E-state index is 13.6. The van der Waals surface area contributed by atoms with Crippen molar-refractivity contribution in [3.8, 4) is 11.3 Å². The Hall–Kier alpha value is -3.90. The quantitative estimate of drug-likeness (QED) is 0.382. The largest absolute Gasteiger partial charge is 0.355 e. The maximum Gasteiger partial charge on any atom is 0.255 e. The fourth-order valence-corrected chi connectivity index (χ4v) is 5.04. The lowest BCUT2D eigenvalue weighted by Gasteiger charge is -2.26. The van der Waals surface area contributed by atoms with Gasteiger partial charge in [0.15, 0.2) is 0 Å². The summed E-state index contributed by atoms with van der Waals surface area (Å²) in [5.74, 6) is -0.0751. The summed E-state index contributed by atoms with van der Waals surface area (Å²) in [6.07, 6.45) is 0.256. The smallest absolute Gasteiger partial charge is 0.255 e. The fraction of sp³-hybridized carbons (Fsp3) is 0.267. The van der Waals surface area contributed by atoms with E-state index in [-0.39, 0.29) is 24.3 Å². The zero-order valence-corrected chi connectivity index (χ0v) is 21.0. The van der Waals surface area contributed by atoms with Crippen LogP contribution in [0.4, 0.5) is 0 Å². The van der Waals surface area contributed by atoms with Crippen molar-refractivity contribution >= 4 is 22.7 Å². The third-order valence-electron chi connectivity index (χ3n) is 6.88. The molecular formula is C30H32N4O2. The van der Waals surface area contributed by atoms with Gasteiger partial charge in [-0.3, -0.25) is 9.59 Å².